The van der Waals surface area contributed by atoms with Crippen molar-refractivity contribution >= 4 is 28.7 Å². The van der Waals surface area contributed by atoms with E-state index in [1.807, 2.05) is 4.90 Å². The number of ketones is 1. The van der Waals surface area contributed by atoms with Crippen LogP contribution < -0.4 is 0 Å². The normalized spacial score (nSPS) is 14.9. The summed E-state index contributed by atoms with van der Waals surface area (Å²) < 4.78 is 0.626. The molecular weight excluding hydrogens is 230 g/mol. The highest BCUT2D eigenvalue weighted by molar-refractivity contribution is 7.18. The van der Waals surface area contributed by atoms with Gasteiger partial charge in [-0.15, -0.1) is 11.3 Å². The summed E-state index contributed by atoms with van der Waals surface area (Å²) in [6.07, 6.45) is 2.35. The van der Waals surface area contributed by atoms with Crippen molar-refractivity contribution in [2.75, 3.05) is 13.1 Å². The Kier molecular flexibility index (Phi) is 3.30. The lowest BCUT2D eigenvalue weighted by atomic mass is 10.3. The third-order valence-electron chi connectivity index (χ3n) is 2.23. The average molecular weight is 240 g/mol. The summed E-state index contributed by atoms with van der Waals surface area (Å²) in [5, 5.41) is 0. The van der Waals surface area contributed by atoms with Gasteiger partial charge >= 0.3 is 0 Å². The number of nitrogens with zero attached hydrogens (tertiary/aromatic N) is 1. The van der Waals surface area contributed by atoms with Crippen molar-refractivity contribution < 1.29 is 4.79 Å². The van der Waals surface area contributed by atoms with Crippen molar-refractivity contribution in [2.24, 2.45) is 0 Å². The molecule has 0 aliphatic carbocycles. The van der Waals surface area contributed by atoms with Gasteiger partial charge in [0.1, 0.15) is 0 Å². The van der Waals surface area contributed by atoms with E-state index in [0.29, 0.717) is 9.21 Å². The first-order valence-electron chi connectivity index (χ1n) is 4.82. The second-order valence-electron chi connectivity index (χ2n) is 3.36. The van der Waals surface area contributed by atoms with Gasteiger partial charge in [0.2, 0.25) is 5.78 Å². The van der Waals surface area contributed by atoms with Crippen LogP contribution in [-0.2, 0) is 0 Å². The molecule has 0 saturated carbocycles. The Balaban J connectivity index is 2.02. The van der Waals surface area contributed by atoms with Crippen LogP contribution in [0.5, 0.6) is 0 Å². The lowest BCUT2D eigenvalue weighted by Crippen LogP contribution is -2.11. The van der Waals surface area contributed by atoms with Crippen LogP contribution in [0.25, 0.3) is 0 Å². The number of carbonyl (C=O) groups excluding carboxylic acids is 1. The highest BCUT2D eigenvalue weighted by Gasteiger charge is 2.08. The molecule has 4 heteroatoms. The molecule has 0 radical (unpaired) electrons. The van der Waals surface area contributed by atoms with Gasteiger partial charge in [-0.25, -0.2) is 0 Å². The maximum atomic E-state index is 11.6. The predicted octanol–water partition coefficient (Wildman–Crippen LogP) is 2.64. The van der Waals surface area contributed by atoms with E-state index in [-0.39, 0.29) is 5.78 Å². The maximum absolute atomic E-state index is 11.6. The van der Waals surface area contributed by atoms with Crippen molar-refractivity contribution in [2.45, 2.75) is 12.8 Å². The molecule has 78 valence electrons. The topological polar surface area (TPSA) is 20.3 Å². The van der Waals surface area contributed by atoms with Crippen LogP contribution in [0.1, 0.15) is 22.5 Å². The zero-order valence-electron chi connectivity index (χ0n) is 8.12. The lowest BCUT2D eigenvalue weighted by Gasteiger charge is -2.04. The molecule has 1 aromatic heterocycles. The van der Waals surface area contributed by atoms with E-state index >= 15 is 0 Å². The molecule has 2 rings (SSSR count). The third kappa shape index (κ3) is 2.74. The highest BCUT2D eigenvalue weighted by atomic mass is 35.5. The van der Waals surface area contributed by atoms with Crippen LogP contribution in [0.3, 0.4) is 0 Å². The smallest absolute Gasteiger partial charge is 0.247 e. The molecule has 1 aromatic rings. The first-order valence-corrected chi connectivity index (χ1v) is 6.01. The minimum absolute atomic E-state index is 0.140. The van der Waals surface area contributed by atoms with Gasteiger partial charge in [-0.05, 0) is 25.0 Å². The van der Waals surface area contributed by atoms with Gasteiger partial charge in [0.15, 0.2) is 0 Å². The van der Waals surface area contributed by atoms with E-state index < -0.39 is 0 Å². The minimum Gasteiger partial charge on any atom is -0.332 e. The summed E-state index contributed by atoms with van der Waals surface area (Å²) in [6.45, 7) is 1.96. The van der Waals surface area contributed by atoms with E-state index in [1.54, 1.807) is 12.1 Å². The molecule has 1 aliphatic heterocycles. The zero-order chi connectivity index (χ0) is 10.7. The lowest BCUT2D eigenvalue weighted by molar-refractivity contribution is 0.105. The molecule has 0 amide bonds. The molecule has 1 fully saturated rings. The van der Waals surface area contributed by atoms with Crippen molar-refractivity contribution in [3.05, 3.63) is 21.3 Å². The van der Waals surface area contributed by atoms with Gasteiger partial charge in [0, 0.05) is 25.1 Å². The summed E-state index contributed by atoms with van der Waals surface area (Å²) in [7, 11) is 0. The van der Waals surface area contributed by atoms with E-state index in [1.165, 1.54) is 24.2 Å². The summed E-state index contributed by atoms with van der Waals surface area (Å²) in [5.41, 5.74) is 0. The summed E-state index contributed by atoms with van der Waals surface area (Å²) in [5.74, 6) is 2.50. The van der Waals surface area contributed by atoms with Crippen LogP contribution in [0, 0.1) is 12.0 Å². The zero-order valence-corrected chi connectivity index (χ0v) is 9.70. The Morgan fingerprint density at radius 1 is 1.40 bits per heavy atom. The number of thiophene rings is 1. The molecule has 2 heterocycles. The average Bonchev–Trinajstić information content (AvgIpc) is 2.84. The van der Waals surface area contributed by atoms with Crippen molar-refractivity contribution in [1.29, 1.82) is 0 Å². The Bertz CT molecular complexity index is 423. The van der Waals surface area contributed by atoms with E-state index in [2.05, 4.69) is 12.0 Å². The first-order chi connectivity index (χ1) is 7.25. The Hall–Kier alpha value is -0.980. The van der Waals surface area contributed by atoms with Crippen LogP contribution >= 0.6 is 22.9 Å². The SMILES string of the molecule is O=C(C#CN1CCCC1)c1ccc(Cl)s1. The number of hydrogen-bond donors (Lipinski definition) is 0. The number of hydrogen-bond acceptors (Lipinski definition) is 3. The number of carbonyl (C=O) groups is 1. The number of likely N-dealkylation sites (tertiary alicyclic amines) is 1. The molecule has 0 bridgehead atoms. The Labute approximate surface area is 97.8 Å². The molecule has 1 saturated heterocycles. The second-order valence-corrected chi connectivity index (χ2v) is 5.08. The molecular formula is C11H10ClNOS. The fourth-order valence-corrected chi connectivity index (χ4v) is 2.40. The second kappa shape index (κ2) is 4.69. The van der Waals surface area contributed by atoms with E-state index in [4.69, 9.17) is 11.6 Å². The van der Waals surface area contributed by atoms with Crippen molar-refractivity contribution in [1.82, 2.24) is 4.90 Å². The van der Waals surface area contributed by atoms with Crippen LogP contribution in [0.15, 0.2) is 12.1 Å². The molecule has 0 unspecified atom stereocenters. The molecule has 1 aliphatic rings. The molecule has 0 aromatic carbocycles. The summed E-state index contributed by atoms with van der Waals surface area (Å²) in [6, 6.07) is 6.32. The first kappa shape index (κ1) is 10.5. The quantitative estimate of drug-likeness (QED) is 0.555. The van der Waals surface area contributed by atoms with Crippen LogP contribution in [-0.4, -0.2) is 23.8 Å². The van der Waals surface area contributed by atoms with E-state index in [9.17, 15) is 4.79 Å². The van der Waals surface area contributed by atoms with Gasteiger partial charge in [0.25, 0.3) is 0 Å². The summed E-state index contributed by atoms with van der Waals surface area (Å²) >= 11 is 7.01. The molecule has 2 nitrogen and oxygen atoms in total. The number of halogens is 1. The van der Waals surface area contributed by atoms with Gasteiger partial charge < -0.3 is 4.90 Å². The Morgan fingerprint density at radius 2 is 2.13 bits per heavy atom. The van der Waals surface area contributed by atoms with Crippen molar-refractivity contribution in [3.63, 3.8) is 0 Å². The number of rotatable bonds is 1. The number of Topliss-reactive ketones (excluding diaryl/α,β-unsaturated/α-hetero) is 1. The minimum atomic E-state index is -0.140. The standard InChI is InChI=1S/C11H10ClNOS/c12-11-4-3-10(15-11)9(14)5-8-13-6-1-2-7-13/h3-4H,1-2,6-7H2. The third-order valence-corrected chi connectivity index (χ3v) is 3.46. The highest BCUT2D eigenvalue weighted by Crippen LogP contribution is 2.21. The van der Waals surface area contributed by atoms with E-state index in [0.717, 1.165) is 13.1 Å². The van der Waals surface area contributed by atoms with Crippen LogP contribution in [0.4, 0.5) is 0 Å². The Morgan fingerprint density at radius 3 is 2.73 bits per heavy atom. The predicted molar refractivity (Wildman–Crippen MR) is 62.2 cm³/mol. The maximum Gasteiger partial charge on any atom is 0.247 e. The van der Waals surface area contributed by atoms with Crippen LogP contribution in [0.2, 0.25) is 4.34 Å². The molecule has 0 N–H and O–H groups in total. The fourth-order valence-electron chi connectivity index (χ4n) is 1.46. The van der Waals surface area contributed by atoms with Gasteiger partial charge in [-0.3, -0.25) is 4.79 Å². The van der Waals surface area contributed by atoms with Gasteiger partial charge in [-0.1, -0.05) is 11.6 Å². The molecule has 0 atom stereocenters. The van der Waals surface area contributed by atoms with Crippen molar-refractivity contribution in [3.8, 4) is 12.0 Å². The fraction of sp³-hybridized carbons (Fsp3) is 0.364. The molecule has 0 spiro atoms. The molecule has 15 heavy (non-hydrogen) atoms. The summed E-state index contributed by atoms with van der Waals surface area (Å²) in [4.78, 5) is 14.2. The monoisotopic (exact) mass is 239 g/mol. The largest absolute Gasteiger partial charge is 0.332 e. The van der Waals surface area contributed by atoms with Gasteiger partial charge in [0.05, 0.1) is 9.21 Å². The van der Waals surface area contributed by atoms with Gasteiger partial charge in [-0.2, -0.15) is 0 Å².